The lowest BCUT2D eigenvalue weighted by atomic mass is 10.1. The van der Waals surface area contributed by atoms with Gasteiger partial charge in [0.25, 0.3) is 5.91 Å². The molecule has 0 saturated carbocycles. The van der Waals surface area contributed by atoms with E-state index in [1.807, 2.05) is 32.2 Å². The van der Waals surface area contributed by atoms with E-state index in [0.29, 0.717) is 6.54 Å². The van der Waals surface area contributed by atoms with E-state index in [4.69, 9.17) is 10.5 Å². The lowest BCUT2D eigenvalue weighted by molar-refractivity contribution is -0.143. The number of thiazole rings is 1. The number of aromatic nitrogens is 1. The van der Waals surface area contributed by atoms with E-state index in [1.54, 1.807) is 16.2 Å². The van der Waals surface area contributed by atoms with Gasteiger partial charge in [0, 0.05) is 13.6 Å². The second kappa shape index (κ2) is 6.32. The zero-order valence-electron chi connectivity index (χ0n) is 12.9. The molecule has 22 heavy (non-hydrogen) atoms. The fourth-order valence-corrected chi connectivity index (χ4v) is 3.78. The van der Waals surface area contributed by atoms with Crippen LogP contribution in [0.4, 0.5) is 0 Å². The summed E-state index contributed by atoms with van der Waals surface area (Å²) < 4.78 is 6.85. The number of amides is 1. The number of hydrogen-bond acceptors (Lipinski definition) is 5. The monoisotopic (exact) mass is 319 g/mol. The fourth-order valence-electron chi connectivity index (χ4n) is 2.71. The molecule has 1 aliphatic heterocycles. The van der Waals surface area contributed by atoms with Crippen LogP contribution in [0.25, 0.3) is 10.2 Å². The van der Waals surface area contributed by atoms with Crippen molar-refractivity contribution in [2.45, 2.75) is 38.0 Å². The Morgan fingerprint density at radius 3 is 2.95 bits per heavy atom. The van der Waals surface area contributed by atoms with Crippen molar-refractivity contribution in [1.82, 2.24) is 9.88 Å². The Hall–Kier alpha value is -1.50. The minimum absolute atomic E-state index is 0.0140. The smallest absolute Gasteiger partial charge is 0.252 e. The SMILES string of the molecule is CC(c1nc2ccccc2s1)N(C)C(=O)[C@@H]1CC[C@H](CN)O1. The van der Waals surface area contributed by atoms with Gasteiger partial charge in [-0.1, -0.05) is 12.1 Å². The number of ether oxygens (including phenoxy) is 1. The van der Waals surface area contributed by atoms with Crippen LogP contribution in [0.3, 0.4) is 0 Å². The molecule has 1 fully saturated rings. The van der Waals surface area contributed by atoms with Gasteiger partial charge in [0.2, 0.25) is 0 Å². The first kappa shape index (κ1) is 15.4. The van der Waals surface area contributed by atoms with Crippen molar-refractivity contribution >= 4 is 27.5 Å². The maximum atomic E-state index is 12.6. The molecule has 2 heterocycles. The number of nitrogens with zero attached hydrogens (tertiary/aromatic N) is 2. The van der Waals surface area contributed by atoms with Crippen LogP contribution in [0.5, 0.6) is 0 Å². The van der Waals surface area contributed by atoms with E-state index < -0.39 is 0 Å². The van der Waals surface area contributed by atoms with Gasteiger partial charge < -0.3 is 15.4 Å². The van der Waals surface area contributed by atoms with Crippen molar-refractivity contribution in [2.75, 3.05) is 13.6 Å². The summed E-state index contributed by atoms with van der Waals surface area (Å²) in [6.07, 6.45) is 1.25. The molecule has 0 spiro atoms. The summed E-state index contributed by atoms with van der Waals surface area (Å²) in [5, 5.41) is 0.949. The molecule has 3 atom stereocenters. The van der Waals surface area contributed by atoms with Gasteiger partial charge in [-0.15, -0.1) is 11.3 Å². The maximum Gasteiger partial charge on any atom is 0.252 e. The van der Waals surface area contributed by atoms with E-state index in [-0.39, 0.29) is 24.2 Å². The van der Waals surface area contributed by atoms with Gasteiger partial charge >= 0.3 is 0 Å². The van der Waals surface area contributed by atoms with E-state index in [1.165, 1.54) is 0 Å². The Bertz CT molecular complexity index is 639. The number of likely N-dealkylation sites (N-methyl/N-ethyl adjacent to an activating group) is 1. The van der Waals surface area contributed by atoms with Gasteiger partial charge in [-0.2, -0.15) is 0 Å². The Morgan fingerprint density at radius 1 is 1.50 bits per heavy atom. The number of nitrogens with two attached hydrogens (primary N) is 1. The highest BCUT2D eigenvalue weighted by atomic mass is 32.1. The minimum atomic E-state index is -0.365. The summed E-state index contributed by atoms with van der Waals surface area (Å²) in [4.78, 5) is 18.9. The number of fused-ring (bicyclic) bond motifs is 1. The number of rotatable bonds is 4. The maximum absolute atomic E-state index is 12.6. The van der Waals surface area contributed by atoms with Crippen LogP contribution in [0, 0.1) is 0 Å². The van der Waals surface area contributed by atoms with Crippen LogP contribution < -0.4 is 5.73 Å². The molecule has 1 unspecified atom stereocenters. The van der Waals surface area contributed by atoms with Crippen molar-refractivity contribution in [3.8, 4) is 0 Å². The summed E-state index contributed by atoms with van der Waals surface area (Å²) in [5.74, 6) is 0.0164. The second-order valence-corrected chi connectivity index (χ2v) is 6.77. The predicted molar refractivity (Wildman–Crippen MR) is 87.8 cm³/mol. The van der Waals surface area contributed by atoms with Crippen LogP contribution in [0.2, 0.25) is 0 Å². The third-order valence-corrected chi connectivity index (χ3v) is 5.45. The highest BCUT2D eigenvalue weighted by Crippen LogP contribution is 2.30. The van der Waals surface area contributed by atoms with E-state index in [9.17, 15) is 4.79 Å². The summed E-state index contributed by atoms with van der Waals surface area (Å²) in [7, 11) is 1.82. The fraction of sp³-hybridized carbons (Fsp3) is 0.500. The van der Waals surface area contributed by atoms with Gasteiger partial charge in [-0.25, -0.2) is 4.98 Å². The van der Waals surface area contributed by atoms with Gasteiger partial charge in [0.1, 0.15) is 11.1 Å². The Balaban J connectivity index is 1.73. The van der Waals surface area contributed by atoms with Gasteiger partial charge in [0.05, 0.1) is 22.4 Å². The van der Waals surface area contributed by atoms with Crippen molar-refractivity contribution < 1.29 is 9.53 Å². The first-order valence-corrected chi connectivity index (χ1v) is 8.39. The molecule has 0 aliphatic carbocycles. The molecule has 0 bridgehead atoms. The summed E-state index contributed by atoms with van der Waals surface area (Å²) >= 11 is 1.63. The molecule has 2 aromatic rings. The minimum Gasteiger partial charge on any atom is -0.364 e. The zero-order valence-corrected chi connectivity index (χ0v) is 13.7. The molecule has 1 amide bonds. The third kappa shape index (κ3) is 2.86. The molecular weight excluding hydrogens is 298 g/mol. The Kier molecular flexibility index (Phi) is 4.42. The number of para-hydroxylation sites is 1. The molecule has 118 valence electrons. The van der Waals surface area contributed by atoms with E-state index in [0.717, 1.165) is 28.1 Å². The van der Waals surface area contributed by atoms with Crippen molar-refractivity contribution in [2.24, 2.45) is 5.73 Å². The van der Waals surface area contributed by atoms with Crippen LogP contribution in [0.15, 0.2) is 24.3 Å². The third-order valence-electron chi connectivity index (χ3n) is 4.24. The van der Waals surface area contributed by atoms with Crippen LogP contribution in [-0.4, -0.2) is 41.6 Å². The van der Waals surface area contributed by atoms with Crippen LogP contribution in [0.1, 0.15) is 30.8 Å². The molecule has 1 aliphatic rings. The number of hydrogen-bond donors (Lipinski definition) is 1. The van der Waals surface area contributed by atoms with Crippen LogP contribution in [-0.2, 0) is 9.53 Å². The molecule has 2 N–H and O–H groups in total. The first-order valence-electron chi connectivity index (χ1n) is 7.58. The molecule has 3 rings (SSSR count). The molecule has 5 nitrogen and oxygen atoms in total. The standard InChI is InChI=1S/C16H21N3O2S/c1-10(15-18-12-5-3-4-6-14(12)22-15)19(2)16(20)13-8-7-11(9-17)21-13/h3-6,10-11,13H,7-9,17H2,1-2H3/t10?,11-,13+/m1/s1. The molecule has 1 aromatic heterocycles. The van der Waals surface area contributed by atoms with Gasteiger partial charge in [-0.05, 0) is 31.9 Å². The highest BCUT2D eigenvalue weighted by molar-refractivity contribution is 7.18. The normalized spacial score (nSPS) is 22.9. The number of benzene rings is 1. The lowest BCUT2D eigenvalue weighted by Crippen LogP contribution is -2.38. The number of carbonyl (C=O) groups is 1. The molecule has 1 saturated heterocycles. The molecule has 1 aromatic carbocycles. The summed E-state index contributed by atoms with van der Waals surface area (Å²) in [6, 6.07) is 7.96. The average Bonchev–Trinajstić information content (AvgIpc) is 3.18. The van der Waals surface area contributed by atoms with Crippen molar-refractivity contribution in [3.63, 3.8) is 0 Å². The summed E-state index contributed by atoms with van der Waals surface area (Å²) in [6.45, 7) is 2.48. The topological polar surface area (TPSA) is 68.5 Å². The Labute approximate surface area is 134 Å². The molecular formula is C16H21N3O2S. The highest BCUT2D eigenvalue weighted by Gasteiger charge is 2.33. The Morgan fingerprint density at radius 2 is 2.27 bits per heavy atom. The van der Waals surface area contributed by atoms with Gasteiger partial charge in [-0.3, -0.25) is 4.79 Å². The van der Waals surface area contributed by atoms with Crippen molar-refractivity contribution in [3.05, 3.63) is 29.3 Å². The number of carbonyl (C=O) groups excluding carboxylic acids is 1. The van der Waals surface area contributed by atoms with Crippen molar-refractivity contribution in [1.29, 1.82) is 0 Å². The second-order valence-electron chi connectivity index (χ2n) is 5.70. The lowest BCUT2D eigenvalue weighted by Gasteiger charge is -2.26. The first-order chi connectivity index (χ1) is 10.6. The zero-order chi connectivity index (χ0) is 15.7. The van der Waals surface area contributed by atoms with E-state index >= 15 is 0 Å². The molecule has 6 heteroatoms. The predicted octanol–water partition coefficient (Wildman–Crippen LogP) is 2.32. The van der Waals surface area contributed by atoms with Crippen LogP contribution >= 0.6 is 11.3 Å². The van der Waals surface area contributed by atoms with E-state index in [2.05, 4.69) is 11.1 Å². The quantitative estimate of drug-likeness (QED) is 0.939. The summed E-state index contributed by atoms with van der Waals surface area (Å²) in [5.41, 5.74) is 6.59. The molecule has 0 radical (unpaired) electrons. The largest absolute Gasteiger partial charge is 0.364 e. The van der Waals surface area contributed by atoms with Gasteiger partial charge in [0.15, 0.2) is 0 Å². The average molecular weight is 319 g/mol.